The van der Waals surface area contributed by atoms with E-state index in [1.807, 2.05) is 30.3 Å². The van der Waals surface area contributed by atoms with Crippen LogP contribution in [0, 0.1) is 0 Å². The number of hydrogen-bond donors (Lipinski definition) is 2. The average molecular weight is 289 g/mol. The Labute approximate surface area is 118 Å². The molecule has 1 amide bonds. The summed E-state index contributed by atoms with van der Waals surface area (Å²) in [6.45, 7) is 1.31. The minimum atomic E-state index is -1.12. The van der Waals surface area contributed by atoms with Gasteiger partial charge in [0.2, 0.25) is 0 Å². The summed E-state index contributed by atoms with van der Waals surface area (Å²) in [6, 6.07) is 9.51. The Morgan fingerprint density at radius 1 is 1.42 bits per heavy atom. The summed E-state index contributed by atoms with van der Waals surface area (Å²) < 4.78 is 18.5. The van der Waals surface area contributed by atoms with E-state index in [2.05, 4.69) is 10.6 Å². The molecule has 1 fully saturated rings. The molecule has 19 heavy (non-hydrogen) atoms. The SMILES string of the molecule is Cl.O=C(NCc1ccccc1)OC1CCNCC1F. The fourth-order valence-corrected chi connectivity index (χ4v) is 1.88. The van der Waals surface area contributed by atoms with Crippen LogP contribution in [-0.4, -0.2) is 31.5 Å². The summed E-state index contributed by atoms with van der Waals surface area (Å²) in [5, 5.41) is 5.53. The number of benzene rings is 1. The van der Waals surface area contributed by atoms with Crippen molar-refractivity contribution in [3.63, 3.8) is 0 Å². The molecule has 1 saturated heterocycles. The highest BCUT2D eigenvalue weighted by atomic mass is 35.5. The van der Waals surface area contributed by atoms with E-state index < -0.39 is 18.4 Å². The van der Waals surface area contributed by atoms with Gasteiger partial charge in [-0.2, -0.15) is 0 Å². The van der Waals surface area contributed by atoms with Gasteiger partial charge in [-0.15, -0.1) is 12.4 Å². The van der Waals surface area contributed by atoms with Crippen molar-refractivity contribution in [1.29, 1.82) is 0 Å². The van der Waals surface area contributed by atoms with Gasteiger partial charge < -0.3 is 15.4 Å². The van der Waals surface area contributed by atoms with E-state index in [0.29, 0.717) is 19.5 Å². The van der Waals surface area contributed by atoms with Crippen molar-refractivity contribution in [2.75, 3.05) is 13.1 Å². The molecule has 106 valence electrons. The second-order valence-corrected chi connectivity index (χ2v) is 4.29. The van der Waals surface area contributed by atoms with Crippen molar-refractivity contribution in [2.24, 2.45) is 0 Å². The number of ether oxygens (including phenoxy) is 1. The van der Waals surface area contributed by atoms with Crippen LogP contribution in [0.15, 0.2) is 30.3 Å². The van der Waals surface area contributed by atoms with Crippen LogP contribution in [-0.2, 0) is 11.3 Å². The zero-order valence-electron chi connectivity index (χ0n) is 10.5. The minimum absolute atomic E-state index is 0. The van der Waals surface area contributed by atoms with Gasteiger partial charge in [0.1, 0.15) is 12.3 Å². The molecular weight excluding hydrogens is 271 g/mol. The number of amides is 1. The van der Waals surface area contributed by atoms with E-state index in [4.69, 9.17) is 4.74 Å². The van der Waals surface area contributed by atoms with Crippen molar-refractivity contribution in [3.05, 3.63) is 35.9 Å². The van der Waals surface area contributed by atoms with Gasteiger partial charge in [-0.1, -0.05) is 30.3 Å². The molecule has 1 aliphatic rings. The Bertz CT molecular complexity index is 391. The van der Waals surface area contributed by atoms with Crippen LogP contribution in [0.5, 0.6) is 0 Å². The molecule has 2 unspecified atom stereocenters. The van der Waals surface area contributed by atoms with Crippen LogP contribution < -0.4 is 10.6 Å². The van der Waals surface area contributed by atoms with Crippen molar-refractivity contribution < 1.29 is 13.9 Å². The lowest BCUT2D eigenvalue weighted by atomic mass is 10.1. The van der Waals surface area contributed by atoms with E-state index in [9.17, 15) is 9.18 Å². The Kier molecular flexibility index (Phi) is 6.59. The number of carbonyl (C=O) groups is 1. The Balaban J connectivity index is 0.00000180. The highest BCUT2D eigenvalue weighted by molar-refractivity contribution is 5.85. The Hall–Kier alpha value is -1.33. The number of alkyl carbamates (subject to hydrolysis) is 1. The maximum absolute atomic E-state index is 13.4. The maximum Gasteiger partial charge on any atom is 0.407 e. The number of hydrogen-bond acceptors (Lipinski definition) is 3. The Morgan fingerprint density at radius 3 is 2.84 bits per heavy atom. The predicted molar refractivity (Wildman–Crippen MR) is 73.2 cm³/mol. The van der Waals surface area contributed by atoms with E-state index in [1.54, 1.807) is 0 Å². The van der Waals surface area contributed by atoms with E-state index >= 15 is 0 Å². The Morgan fingerprint density at radius 2 is 2.16 bits per heavy atom. The summed E-state index contributed by atoms with van der Waals surface area (Å²) in [6.07, 6.45) is -1.81. The molecule has 0 bridgehead atoms. The van der Waals surface area contributed by atoms with Gasteiger partial charge in [0.05, 0.1) is 0 Å². The molecule has 0 spiro atoms. The summed E-state index contributed by atoms with van der Waals surface area (Å²) in [7, 11) is 0. The van der Waals surface area contributed by atoms with Gasteiger partial charge in [-0.05, 0) is 18.5 Å². The lowest BCUT2D eigenvalue weighted by molar-refractivity contribution is 0.0267. The number of carbonyl (C=O) groups excluding carboxylic acids is 1. The second kappa shape index (κ2) is 7.96. The topological polar surface area (TPSA) is 50.4 Å². The molecule has 2 atom stereocenters. The molecule has 0 radical (unpaired) electrons. The molecule has 6 heteroatoms. The van der Waals surface area contributed by atoms with Crippen molar-refractivity contribution in [2.45, 2.75) is 25.2 Å². The number of piperidine rings is 1. The molecule has 0 aromatic heterocycles. The third-order valence-corrected chi connectivity index (χ3v) is 2.89. The number of rotatable bonds is 3. The van der Waals surface area contributed by atoms with Crippen molar-refractivity contribution in [1.82, 2.24) is 10.6 Å². The van der Waals surface area contributed by atoms with E-state index in [-0.39, 0.29) is 19.0 Å². The average Bonchev–Trinajstić information content (AvgIpc) is 2.40. The molecule has 4 nitrogen and oxygen atoms in total. The van der Waals surface area contributed by atoms with Crippen LogP contribution in [0.25, 0.3) is 0 Å². The predicted octanol–water partition coefficient (Wildman–Crippen LogP) is 2.03. The standard InChI is InChI=1S/C13H17FN2O2.ClH/c14-11-9-15-7-6-12(11)18-13(17)16-8-10-4-2-1-3-5-10;/h1-5,11-12,15H,6-9H2,(H,16,17);1H. The van der Waals surface area contributed by atoms with Gasteiger partial charge in [0.25, 0.3) is 0 Å². The zero-order valence-corrected chi connectivity index (χ0v) is 11.3. The molecule has 1 heterocycles. The van der Waals surface area contributed by atoms with Gasteiger partial charge in [-0.25, -0.2) is 9.18 Å². The highest BCUT2D eigenvalue weighted by Gasteiger charge is 2.27. The molecule has 0 saturated carbocycles. The first-order chi connectivity index (χ1) is 8.75. The van der Waals surface area contributed by atoms with Crippen molar-refractivity contribution >= 4 is 18.5 Å². The van der Waals surface area contributed by atoms with Gasteiger partial charge in [0, 0.05) is 13.1 Å². The highest BCUT2D eigenvalue weighted by Crippen LogP contribution is 2.11. The fourth-order valence-electron chi connectivity index (χ4n) is 1.88. The zero-order chi connectivity index (χ0) is 12.8. The molecular formula is C13H18ClFN2O2. The van der Waals surface area contributed by atoms with Crippen LogP contribution in [0.3, 0.4) is 0 Å². The largest absolute Gasteiger partial charge is 0.443 e. The van der Waals surface area contributed by atoms with Crippen LogP contribution in [0.1, 0.15) is 12.0 Å². The maximum atomic E-state index is 13.4. The molecule has 1 aromatic rings. The molecule has 2 N–H and O–H groups in total. The monoisotopic (exact) mass is 288 g/mol. The smallest absolute Gasteiger partial charge is 0.407 e. The third-order valence-electron chi connectivity index (χ3n) is 2.89. The summed E-state index contributed by atoms with van der Waals surface area (Å²) in [5.41, 5.74) is 0.983. The normalized spacial score (nSPS) is 22.2. The van der Waals surface area contributed by atoms with E-state index in [1.165, 1.54) is 0 Å². The van der Waals surface area contributed by atoms with Gasteiger partial charge in [0.15, 0.2) is 0 Å². The quantitative estimate of drug-likeness (QED) is 0.895. The number of nitrogens with one attached hydrogen (secondary N) is 2. The summed E-state index contributed by atoms with van der Waals surface area (Å²) in [4.78, 5) is 11.5. The van der Waals surface area contributed by atoms with Gasteiger partial charge in [-0.3, -0.25) is 0 Å². The van der Waals surface area contributed by atoms with Crippen LogP contribution in [0.2, 0.25) is 0 Å². The second-order valence-electron chi connectivity index (χ2n) is 4.29. The number of alkyl halides is 1. The van der Waals surface area contributed by atoms with Crippen LogP contribution >= 0.6 is 12.4 Å². The van der Waals surface area contributed by atoms with Gasteiger partial charge >= 0.3 is 6.09 Å². The molecule has 0 aliphatic carbocycles. The first-order valence-electron chi connectivity index (χ1n) is 6.09. The minimum Gasteiger partial charge on any atom is -0.443 e. The van der Waals surface area contributed by atoms with Crippen molar-refractivity contribution in [3.8, 4) is 0 Å². The summed E-state index contributed by atoms with van der Waals surface area (Å²) in [5.74, 6) is 0. The first-order valence-corrected chi connectivity index (χ1v) is 6.09. The van der Waals surface area contributed by atoms with E-state index in [0.717, 1.165) is 5.56 Å². The molecule has 1 aromatic carbocycles. The summed E-state index contributed by atoms with van der Waals surface area (Å²) >= 11 is 0. The number of halogens is 2. The molecule has 2 rings (SSSR count). The third kappa shape index (κ3) is 5.04. The van der Waals surface area contributed by atoms with Crippen LogP contribution in [0.4, 0.5) is 9.18 Å². The molecule has 1 aliphatic heterocycles. The first kappa shape index (κ1) is 15.7. The lowest BCUT2D eigenvalue weighted by Crippen LogP contribution is -2.45. The lowest BCUT2D eigenvalue weighted by Gasteiger charge is -2.26. The fraction of sp³-hybridized carbons (Fsp3) is 0.462.